The molecular formula is C14H17Cl2NO. The molecule has 1 unspecified atom stereocenters. The summed E-state index contributed by atoms with van der Waals surface area (Å²) in [4.78, 5) is 12.0. The van der Waals surface area contributed by atoms with Crippen LogP contribution in [0.1, 0.15) is 24.8 Å². The van der Waals surface area contributed by atoms with Gasteiger partial charge in [0, 0.05) is 12.8 Å². The van der Waals surface area contributed by atoms with Gasteiger partial charge in [-0.3, -0.25) is 4.79 Å². The van der Waals surface area contributed by atoms with Gasteiger partial charge in [-0.1, -0.05) is 35.3 Å². The third kappa shape index (κ3) is 3.71. The van der Waals surface area contributed by atoms with Crippen molar-refractivity contribution in [2.45, 2.75) is 25.7 Å². The number of piperidine rings is 1. The maximum Gasteiger partial charge on any atom is 0.137 e. The van der Waals surface area contributed by atoms with Crippen molar-refractivity contribution in [1.82, 2.24) is 5.32 Å². The molecule has 98 valence electrons. The Kier molecular flexibility index (Phi) is 5.04. The van der Waals surface area contributed by atoms with Crippen molar-refractivity contribution < 1.29 is 4.79 Å². The first-order valence-corrected chi connectivity index (χ1v) is 7.07. The first-order valence-electron chi connectivity index (χ1n) is 6.32. The Morgan fingerprint density at radius 1 is 1.39 bits per heavy atom. The van der Waals surface area contributed by atoms with E-state index in [0.717, 1.165) is 31.5 Å². The summed E-state index contributed by atoms with van der Waals surface area (Å²) < 4.78 is 0. The normalized spacial score (nSPS) is 19.8. The molecule has 0 radical (unpaired) electrons. The summed E-state index contributed by atoms with van der Waals surface area (Å²) in [7, 11) is 0. The van der Waals surface area contributed by atoms with Gasteiger partial charge in [-0.2, -0.15) is 0 Å². The minimum atomic E-state index is 0.243. The van der Waals surface area contributed by atoms with E-state index in [0.29, 0.717) is 28.8 Å². The van der Waals surface area contributed by atoms with E-state index < -0.39 is 0 Å². The maximum atomic E-state index is 12.0. The molecule has 0 saturated carbocycles. The molecule has 1 aliphatic rings. The second-order valence-electron chi connectivity index (χ2n) is 4.84. The van der Waals surface area contributed by atoms with Gasteiger partial charge in [0.25, 0.3) is 0 Å². The third-order valence-corrected chi connectivity index (χ3v) is 4.19. The Bertz CT molecular complexity index is 428. The lowest BCUT2D eigenvalue weighted by Crippen LogP contribution is -2.31. The molecule has 1 heterocycles. The molecule has 1 fully saturated rings. The van der Waals surface area contributed by atoms with Gasteiger partial charge in [0.15, 0.2) is 0 Å². The number of carbonyl (C=O) groups excluding carboxylic acids is 1. The molecule has 1 aliphatic heterocycles. The molecule has 0 amide bonds. The molecule has 1 aromatic carbocycles. The summed E-state index contributed by atoms with van der Waals surface area (Å²) in [6.07, 6.45) is 3.32. The number of hydrogen-bond acceptors (Lipinski definition) is 2. The molecule has 1 aromatic rings. The van der Waals surface area contributed by atoms with E-state index in [2.05, 4.69) is 5.32 Å². The molecule has 2 nitrogen and oxygen atoms in total. The molecule has 1 N–H and O–H groups in total. The highest BCUT2D eigenvalue weighted by Crippen LogP contribution is 2.26. The number of ketones is 1. The topological polar surface area (TPSA) is 29.1 Å². The van der Waals surface area contributed by atoms with Gasteiger partial charge in [-0.15, -0.1) is 0 Å². The standard InChI is InChI=1S/C14H17Cl2NO/c15-13-5-1-4-11(14(13)16)8-12(18)7-10-3-2-6-17-9-10/h1,4-5,10,17H,2-3,6-9H2. The Morgan fingerprint density at radius 2 is 2.22 bits per heavy atom. The zero-order valence-electron chi connectivity index (χ0n) is 10.2. The molecule has 18 heavy (non-hydrogen) atoms. The lowest BCUT2D eigenvalue weighted by atomic mass is 9.92. The largest absolute Gasteiger partial charge is 0.316 e. The van der Waals surface area contributed by atoms with Crippen LogP contribution in [0.3, 0.4) is 0 Å². The van der Waals surface area contributed by atoms with Crippen molar-refractivity contribution >= 4 is 29.0 Å². The predicted molar refractivity (Wildman–Crippen MR) is 75.4 cm³/mol. The zero-order valence-corrected chi connectivity index (χ0v) is 11.7. The fourth-order valence-corrected chi connectivity index (χ4v) is 2.78. The van der Waals surface area contributed by atoms with Crippen molar-refractivity contribution in [2.24, 2.45) is 5.92 Å². The molecule has 2 rings (SSSR count). The molecule has 0 bridgehead atoms. The van der Waals surface area contributed by atoms with Crippen LogP contribution in [0.5, 0.6) is 0 Å². The SMILES string of the molecule is O=C(Cc1cccc(Cl)c1Cl)CC1CCCNC1. The highest BCUT2D eigenvalue weighted by Gasteiger charge is 2.17. The molecular weight excluding hydrogens is 269 g/mol. The number of benzene rings is 1. The average Bonchev–Trinajstić information content (AvgIpc) is 2.36. The third-order valence-electron chi connectivity index (χ3n) is 3.33. The van der Waals surface area contributed by atoms with Crippen LogP contribution < -0.4 is 5.32 Å². The first-order chi connectivity index (χ1) is 8.66. The van der Waals surface area contributed by atoms with Crippen LogP contribution in [0.4, 0.5) is 0 Å². The smallest absolute Gasteiger partial charge is 0.137 e. The zero-order chi connectivity index (χ0) is 13.0. The van der Waals surface area contributed by atoms with Crippen molar-refractivity contribution in [2.75, 3.05) is 13.1 Å². The Hall–Kier alpha value is -0.570. The summed E-state index contributed by atoms with van der Waals surface area (Å²) in [5, 5.41) is 4.35. The minimum Gasteiger partial charge on any atom is -0.316 e. The van der Waals surface area contributed by atoms with Crippen molar-refractivity contribution in [3.63, 3.8) is 0 Å². The van der Waals surface area contributed by atoms with Crippen LogP contribution in [0.2, 0.25) is 10.0 Å². The number of Topliss-reactive ketones (excluding diaryl/α,β-unsaturated/α-hetero) is 1. The number of nitrogens with one attached hydrogen (secondary N) is 1. The van der Waals surface area contributed by atoms with Crippen LogP contribution in [-0.2, 0) is 11.2 Å². The van der Waals surface area contributed by atoms with Gasteiger partial charge in [-0.25, -0.2) is 0 Å². The number of rotatable bonds is 4. The summed E-state index contributed by atoms with van der Waals surface area (Å²) in [6, 6.07) is 5.44. The van der Waals surface area contributed by atoms with Gasteiger partial charge < -0.3 is 5.32 Å². The van der Waals surface area contributed by atoms with Crippen LogP contribution in [0.15, 0.2) is 18.2 Å². The monoisotopic (exact) mass is 285 g/mol. The lowest BCUT2D eigenvalue weighted by Gasteiger charge is -2.22. The van der Waals surface area contributed by atoms with Crippen LogP contribution in [0.25, 0.3) is 0 Å². The van der Waals surface area contributed by atoms with E-state index in [1.807, 2.05) is 12.1 Å². The molecule has 1 atom stereocenters. The predicted octanol–water partition coefficient (Wildman–Crippen LogP) is 3.49. The highest BCUT2D eigenvalue weighted by molar-refractivity contribution is 6.42. The first kappa shape index (κ1) is 13.9. The molecule has 0 aliphatic carbocycles. The van der Waals surface area contributed by atoms with Crippen LogP contribution >= 0.6 is 23.2 Å². The Labute approximate surface area is 118 Å². The fourth-order valence-electron chi connectivity index (χ4n) is 2.39. The van der Waals surface area contributed by atoms with Crippen molar-refractivity contribution in [3.05, 3.63) is 33.8 Å². The van der Waals surface area contributed by atoms with Crippen molar-refractivity contribution in [3.8, 4) is 0 Å². The second-order valence-corrected chi connectivity index (χ2v) is 5.63. The quantitative estimate of drug-likeness (QED) is 0.918. The summed E-state index contributed by atoms with van der Waals surface area (Å²) in [5.41, 5.74) is 0.831. The fraction of sp³-hybridized carbons (Fsp3) is 0.500. The van der Waals surface area contributed by atoms with Gasteiger partial charge in [0.05, 0.1) is 10.0 Å². The summed E-state index contributed by atoms with van der Waals surface area (Å²) in [6.45, 7) is 2.03. The Balaban J connectivity index is 1.92. The van der Waals surface area contributed by atoms with Crippen LogP contribution in [-0.4, -0.2) is 18.9 Å². The van der Waals surface area contributed by atoms with Gasteiger partial charge in [-0.05, 0) is 43.5 Å². The second kappa shape index (κ2) is 6.55. The highest BCUT2D eigenvalue weighted by atomic mass is 35.5. The lowest BCUT2D eigenvalue weighted by molar-refractivity contribution is -0.119. The number of hydrogen-bond donors (Lipinski definition) is 1. The van der Waals surface area contributed by atoms with E-state index in [1.54, 1.807) is 6.07 Å². The van der Waals surface area contributed by atoms with E-state index in [-0.39, 0.29) is 5.78 Å². The van der Waals surface area contributed by atoms with E-state index >= 15 is 0 Å². The number of halogens is 2. The van der Waals surface area contributed by atoms with E-state index in [9.17, 15) is 4.79 Å². The van der Waals surface area contributed by atoms with Crippen LogP contribution in [0, 0.1) is 5.92 Å². The average molecular weight is 286 g/mol. The van der Waals surface area contributed by atoms with Crippen molar-refractivity contribution in [1.29, 1.82) is 0 Å². The maximum absolute atomic E-state index is 12.0. The molecule has 1 saturated heterocycles. The van der Waals surface area contributed by atoms with E-state index in [4.69, 9.17) is 23.2 Å². The van der Waals surface area contributed by atoms with Gasteiger partial charge in [0.2, 0.25) is 0 Å². The Morgan fingerprint density at radius 3 is 2.94 bits per heavy atom. The molecule has 4 heteroatoms. The van der Waals surface area contributed by atoms with Gasteiger partial charge in [0.1, 0.15) is 5.78 Å². The molecule has 0 aromatic heterocycles. The summed E-state index contributed by atoms with van der Waals surface area (Å²) in [5.74, 6) is 0.720. The number of carbonyl (C=O) groups is 1. The van der Waals surface area contributed by atoms with Gasteiger partial charge >= 0.3 is 0 Å². The minimum absolute atomic E-state index is 0.243. The summed E-state index contributed by atoms with van der Waals surface area (Å²) >= 11 is 12.0. The van der Waals surface area contributed by atoms with E-state index in [1.165, 1.54) is 0 Å². The molecule has 0 spiro atoms.